The second-order valence-electron chi connectivity index (χ2n) is 11.5. The van der Waals surface area contributed by atoms with Gasteiger partial charge in [0.05, 0.1) is 0 Å². The van der Waals surface area contributed by atoms with E-state index in [0.29, 0.717) is 30.3 Å². The monoisotopic (exact) mass is 481 g/mol. The molecular formula is C29H47N5O. The second kappa shape index (κ2) is 11.4. The summed E-state index contributed by atoms with van der Waals surface area (Å²) in [6, 6.07) is 0.566. The van der Waals surface area contributed by atoms with Gasteiger partial charge in [0.2, 0.25) is 5.91 Å². The van der Waals surface area contributed by atoms with Gasteiger partial charge >= 0.3 is 0 Å². The van der Waals surface area contributed by atoms with Gasteiger partial charge in [-0.2, -0.15) is 0 Å². The second-order valence-corrected chi connectivity index (χ2v) is 11.5. The van der Waals surface area contributed by atoms with Crippen molar-refractivity contribution in [2.75, 3.05) is 33.2 Å². The van der Waals surface area contributed by atoms with Gasteiger partial charge in [0.15, 0.2) is 0 Å². The largest absolute Gasteiger partial charge is 0.388 e. The van der Waals surface area contributed by atoms with Crippen LogP contribution in [0.3, 0.4) is 0 Å². The number of amides is 1. The predicted octanol–water partition coefficient (Wildman–Crippen LogP) is 4.60. The van der Waals surface area contributed by atoms with Gasteiger partial charge in [-0.05, 0) is 58.1 Å². The predicted molar refractivity (Wildman–Crippen MR) is 144 cm³/mol. The minimum absolute atomic E-state index is 0.0101. The Morgan fingerprint density at radius 3 is 2.71 bits per heavy atom. The summed E-state index contributed by atoms with van der Waals surface area (Å²) in [6.07, 6.45) is 16.6. The van der Waals surface area contributed by atoms with E-state index in [1.165, 1.54) is 51.5 Å². The van der Waals surface area contributed by atoms with Crippen LogP contribution in [-0.4, -0.2) is 66.2 Å². The number of likely N-dealkylation sites (N-methyl/N-ethyl adjacent to an activating group) is 1. The topological polar surface area (TPSA) is 71.5 Å². The summed E-state index contributed by atoms with van der Waals surface area (Å²) in [7, 11) is 1.95. The number of carbonyl (C=O) groups is 1. The molecular weight excluding hydrogens is 434 g/mol. The summed E-state index contributed by atoms with van der Waals surface area (Å²) in [4.78, 5) is 17.0. The zero-order valence-corrected chi connectivity index (χ0v) is 22.3. The standard InChI is InChI=1S/C29H47N5O/c1-21-20-34(18-17-33(21)16-8-11-23-9-6-5-7-10-23)29(3)15-14-25(26(19-29)31-4)28(30)24-12-13-27(35)32-22(24)2/h14,19,21,23-24,30-31H,2,5-13,15-18,20H2,1,3-4H3,(H,32,35). The van der Waals surface area contributed by atoms with Crippen molar-refractivity contribution < 1.29 is 4.79 Å². The van der Waals surface area contributed by atoms with Crippen molar-refractivity contribution in [3.63, 3.8) is 0 Å². The molecule has 4 rings (SSSR count). The number of nitrogens with one attached hydrogen (secondary N) is 3. The smallest absolute Gasteiger partial charge is 0.224 e. The lowest BCUT2D eigenvalue weighted by Crippen LogP contribution is -2.59. The molecule has 3 unspecified atom stereocenters. The number of piperidine rings is 1. The van der Waals surface area contributed by atoms with Crippen molar-refractivity contribution in [2.24, 2.45) is 11.8 Å². The first kappa shape index (κ1) is 26.2. The van der Waals surface area contributed by atoms with Crippen molar-refractivity contribution in [1.82, 2.24) is 20.4 Å². The molecule has 6 heteroatoms. The average Bonchev–Trinajstić information content (AvgIpc) is 2.85. The van der Waals surface area contributed by atoms with Crippen molar-refractivity contribution in [3.8, 4) is 0 Å². The molecule has 0 bridgehead atoms. The number of allylic oxidation sites excluding steroid dienone is 2. The Morgan fingerprint density at radius 1 is 1.26 bits per heavy atom. The van der Waals surface area contributed by atoms with E-state index in [4.69, 9.17) is 5.41 Å². The van der Waals surface area contributed by atoms with E-state index in [1.807, 2.05) is 7.05 Å². The average molecular weight is 482 g/mol. The number of carbonyl (C=O) groups excluding carboxylic acids is 1. The minimum atomic E-state index is -0.114. The third kappa shape index (κ3) is 6.08. The molecule has 1 amide bonds. The van der Waals surface area contributed by atoms with Gasteiger partial charge in [0.25, 0.3) is 0 Å². The van der Waals surface area contributed by atoms with Crippen LogP contribution < -0.4 is 10.6 Å². The third-order valence-corrected chi connectivity index (χ3v) is 9.02. The molecule has 3 fully saturated rings. The Hall–Kier alpha value is -1.92. The quantitative estimate of drug-likeness (QED) is 0.443. The third-order valence-electron chi connectivity index (χ3n) is 9.02. The highest BCUT2D eigenvalue weighted by Gasteiger charge is 2.38. The lowest BCUT2D eigenvalue weighted by Gasteiger charge is -2.48. The molecule has 0 aromatic heterocycles. The molecule has 0 aromatic carbocycles. The first-order chi connectivity index (χ1) is 16.8. The maximum absolute atomic E-state index is 11.7. The lowest BCUT2D eigenvalue weighted by atomic mass is 9.80. The molecule has 0 spiro atoms. The van der Waals surface area contributed by atoms with Crippen LogP contribution in [0, 0.1) is 17.2 Å². The van der Waals surface area contributed by atoms with Gasteiger partial charge in [0.1, 0.15) is 0 Å². The first-order valence-corrected chi connectivity index (χ1v) is 14.0. The Morgan fingerprint density at radius 2 is 2.03 bits per heavy atom. The fourth-order valence-corrected chi connectivity index (χ4v) is 6.68. The van der Waals surface area contributed by atoms with E-state index in [1.54, 1.807) is 0 Å². The number of rotatable bonds is 8. The van der Waals surface area contributed by atoms with Crippen LogP contribution in [0.5, 0.6) is 0 Å². The molecule has 2 aliphatic carbocycles. The summed E-state index contributed by atoms with van der Waals surface area (Å²) in [5.41, 5.74) is 3.15. The van der Waals surface area contributed by atoms with Gasteiger partial charge in [-0.15, -0.1) is 0 Å². The Labute approximate surface area is 212 Å². The van der Waals surface area contributed by atoms with Crippen molar-refractivity contribution in [2.45, 2.75) is 89.6 Å². The summed E-state index contributed by atoms with van der Waals surface area (Å²) in [5, 5.41) is 15.1. The molecule has 1 saturated carbocycles. The van der Waals surface area contributed by atoms with Crippen LogP contribution in [0.1, 0.15) is 78.1 Å². The highest BCUT2D eigenvalue weighted by atomic mass is 16.1. The summed E-state index contributed by atoms with van der Waals surface area (Å²) in [5.74, 6) is 0.876. The summed E-state index contributed by atoms with van der Waals surface area (Å²) >= 11 is 0. The normalized spacial score (nSPS) is 31.5. The van der Waals surface area contributed by atoms with Crippen LogP contribution in [0.15, 0.2) is 35.7 Å². The Balaban J connectivity index is 1.33. The minimum Gasteiger partial charge on any atom is -0.388 e. The Bertz CT molecular complexity index is 870. The number of hydrogen-bond donors (Lipinski definition) is 3. The molecule has 2 saturated heterocycles. The van der Waals surface area contributed by atoms with Gasteiger partial charge in [0, 0.05) is 73.3 Å². The number of hydrogen-bond acceptors (Lipinski definition) is 5. The molecule has 3 N–H and O–H groups in total. The summed E-state index contributed by atoms with van der Waals surface area (Å²) in [6.45, 7) is 13.3. The molecule has 35 heavy (non-hydrogen) atoms. The first-order valence-electron chi connectivity index (χ1n) is 14.0. The highest BCUT2D eigenvalue weighted by Crippen LogP contribution is 2.35. The maximum atomic E-state index is 11.7. The van der Waals surface area contributed by atoms with Crippen LogP contribution in [0.25, 0.3) is 0 Å². The zero-order chi connectivity index (χ0) is 25.0. The van der Waals surface area contributed by atoms with Crippen LogP contribution >= 0.6 is 0 Å². The maximum Gasteiger partial charge on any atom is 0.224 e. The van der Waals surface area contributed by atoms with E-state index in [0.717, 1.165) is 43.2 Å². The van der Waals surface area contributed by atoms with Crippen LogP contribution in [-0.2, 0) is 4.79 Å². The van der Waals surface area contributed by atoms with Crippen LogP contribution in [0.4, 0.5) is 0 Å². The van der Waals surface area contributed by atoms with Gasteiger partial charge in [-0.1, -0.05) is 44.8 Å². The molecule has 0 radical (unpaired) electrons. The number of piperazine rings is 1. The molecule has 0 aromatic rings. The molecule has 2 aliphatic heterocycles. The van der Waals surface area contributed by atoms with Crippen molar-refractivity contribution in [3.05, 3.63) is 35.7 Å². The fourth-order valence-electron chi connectivity index (χ4n) is 6.68. The molecule has 3 atom stereocenters. The van der Waals surface area contributed by atoms with Crippen molar-refractivity contribution >= 4 is 11.6 Å². The lowest BCUT2D eigenvalue weighted by molar-refractivity contribution is -0.121. The van der Waals surface area contributed by atoms with Crippen LogP contribution in [0.2, 0.25) is 0 Å². The van der Waals surface area contributed by atoms with Gasteiger partial charge in [-0.3, -0.25) is 14.6 Å². The fraction of sp³-hybridized carbons (Fsp3) is 0.724. The van der Waals surface area contributed by atoms with E-state index < -0.39 is 0 Å². The SMILES string of the molecule is C=C1NC(=O)CCC1C(=N)C1=CCC(C)(N2CCN(CCCC3CCCCC3)C(C)C2)C=C1NC. The van der Waals surface area contributed by atoms with E-state index in [2.05, 4.69) is 53.0 Å². The highest BCUT2D eigenvalue weighted by molar-refractivity contribution is 6.05. The number of nitrogens with zero attached hydrogens (tertiary/aromatic N) is 2. The molecule has 194 valence electrons. The van der Waals surface area contributed by atoms with E-state index in [9.17, 15) is 4.79 Å². The molecule has 4 aliphatic rings. The molecule has 6 nitrogen and oxygen atoms in total. The van der Waals surface area contributed by atoms with Gasteiger partial charge in [-0.25, -0.2) is 0 Å². The summed E-state index contributed by atoms with van der Waals surface area (Å²) < 4.78 is 0. The zero-order valence-electron chi connectivity index (χ0n) is 22.3. The van der Waals surface area contributed by atoms with Crippen molar-refractivity contribution in [1.29, 1.82) is 5.41 Å². The van der Waals surface area contributed by atoms with E-state index >= 15 is 0 Å². The van der Waals surface area contributed by atoms with E-state index in [-0.39, 0.29) is 17.4 Å². The Kier molecular flexibility index (Phi) is 8.54. The molecule has 2 heterocycles. The van der Waals surface area contributed by atoms with Gasteiger partial charge < -0.3 is 16.0 Å².